The number of ether oxygens (including phenoxy) is 1. The lowest BCUT2D eigenvalue weighted by Gasteiger charge is -2.24. The Balaban J connectivity index is 2.43. The number of benzene rings is 1. The molecule has 15 heavy (non-hydrogen) atoms. The van der Waals surface area contributed by atoms with Gasteiger partial charge in [0, 0.05) is 13.0 Å². The molecule has 0 bridgehead atoms. The molecule has 0 aromatic heterocycles. The fourth-order valence-electron chi connectivity index (χ4n) is 1.86. The van der Waals surface area contributed by atoms with E-state index < -0.39 is 0 Å². The summed E-state index contributed by atoms with van der Waals surface area (Å²) >= 11 is 0. The molecule has 1 aromatic carbocycles. The number of nitrogens with one attached hydrogen (secondary N) is 1. The van der Waals surface area contributed by atoms with Gasteiger partial charge in [0.1, 0.15) is 11.4 Å². The number of fused-ring (bicyclic) bond motifs is 1. The van der Waals surface area contributed by atoms with Gasteiger partial charge < -0.3 is 10.1 Å². The van der Waals surface area contributed by atoms with Gasteiger partial charge in [-0.2, -0.15) is 0 Å². The van der Waals surface area contributed by atoms with Gasteiger partial charge in [0.25, 0.3) is 0 Å². The summed E-state index contributed by atoms with van der Waals surface area (Å²) in [6, 6.07) is 4.30. The van der Waals surface area contributed by atoms with Crippen molar-refractivity contribution >= 4 is 5.69 Å². The summed E-state index contributed by atoms with van der Waals surface area (Å²) in [6.45, 7) is 9.50. The van der Waals surface area contributed by atoms with E-state index in [1.807, 2.05) is 0 Å². The number of rotatable bonds is 0. The SMILES string of the molecule is Cc1cc2c(cc1C)OC(C)(C)CCN2. The summed E-state index contributed by atoms with van der Waals surface area (Å²) in [5, 5.41) is 3.42. The molecule has 2 rings (SSSR count). The Labute approximate surface area is 91.6 Å². The monoisotopic (exact) mass is 205 g/mol. The molecule has 0 atom stereocenters. The molecule has 0 amide bonds. The van der Waals surface area contributed by atoms with Gasteiger partial charge in [0.05, 0.1) is 5.69 Å². The van der Waals surface area contributed by atoms with Gasteiger partial charge in [-0.05, 0) is 51.0 Å². The molecule has 2 nitrogen and oxygen atoms in total. The van der Waals surface area contributed by atoms with Gasteiger partial charge >= 0.3 is 0 Å². The van der Waals surface area contributed by atoms with E-state index in [4.69, 9.17) is 4.74 Å². The molecule has 0 unspecified atom stereocenters. The van der Waals surface area contributed by atoms with Gasteiger partial charge in [-0.3, -0.25) is 0 Å². The second-order valence-electron chi connectivity index (χ2n) is 4.97. The first-order valence-electron chi connectivity index (χ1n) is 5.52. The molecule has 1 aliphatic rings. The van der Waals surface area contributed by atoms with Gasteiger partial charge in [0.2, 0.25) is 0 Å². The zero-order chi connectivity index (χ0) is 11.1. The van der Waals surface area contributed by atoms with Crippen LogP contribution in [0.1, 0.15) is 31.4 Å². The maximum Gasteiger partial charge on any atom is 0.143 e. The highest BCUT2D eigenvalue weighted by Crippen LogP contribution is 2.34. The Morgan fingerprint density at radius 2 is 1.87 bits per heavy atom. The Morgan fingerprint density at radius 1 is 1.20 bits per heavy atom. The third kappa shape index (κ3) is 2.09. The van der Waals surface area contributed by atoms with E-state index in [9.17, 15) is 0 Å². The second-order valence-corrected chi connectivity index (χ2v) is 4.97. The lowest BCUT2D eigenvalue weighted by Crippen LogP contribution is -2.28. The van der Waals surface area contributed by atoms with Crippen LogP contribution in [0.2, 0.25) is 0 Å². The highest BCUT2D eigenvalue weighted by atomic mass is 16.5. The summed E-state index contributed by atoms with van der Waals surface area (Å²) in [5.41, 5.74) is 3.65. The third-order valence-electron chi connectivity index (χ3n) is 3.02. The minimum Gasteiger partial charge on any atom is -0.486 e. The average molecular weight is 205 g/mol. The minimum absolute atomic E-state index is 0.0695. The van der Waals surface area contributed by atoms with E-state index in [2.05, 4.69) is 45.1 Å². The van der Waals surface area contributed by atoms with Crippen LogP contribution in [0.15, 0.2) is 12.1 Å². The van der Waals surface area contributed by atoms with Gasteiger partial charge in [-0.1, -0.05) is 0 Å². The maximum absolute atomic E-state index is 6.02. The van der Waals surface area contributed by atoms with E-state index in [-0.39, 0.29) is 5.60 Å². The van der Waals surface area contributed by atoms with Crippen LogP contribution in [-0.2, 0) is 0 Å². The molecule has 0 fully saturated rings. The largest absolute Gasteiger partial charge is 0.486 e. The van der Waals surface area contributed by atoms with Crippen molar-refractivity contribution in [2.24, 2.45) is 0 Å². The van der Waals surface area contributed by atoms with Gasteiger partial charge in [-0.15, -0.1) is 0 Å². The molecule has 0 saturated carbocycles. The first-order chi connectivity index (χ1) is 6.98. The molecule has 0 spiro atoms. The Morgan fingerprint density at radius 3 is 2.60 bits per heavy atom. The van der Waals surface area contributed by atoms with Crippen LogP contribution in [-0.4, -0.2) is 12.1 Å². The van der Waals surface area contributed by atoms with Crippen LogP contribution >= 0.6 is 0 Å². The standard InChI is InChI=1S/C13H19NO/c1-9-7-11-12(8-10(9)2)15-13(3,4)5-6-14-11/h7-8,14H,5-6H2,1-4H3. The van der Waals surface area contributed by atoms with E-state index in [1.165, 1.54) is 11.1 Å². The molecule has 1 N–H and O–H groups in total. The fraction of sp³-hybridized carbons (Fsp3) is 0.538. The Hall–Kier alpha value is -1.18. The smallest absolute Gasteiger partial charge is 0.143 e. The highest BCUT2D eigenvalue weighted by Gasteiger charge is 2.24. The number of hydrogen-bond acceptors (Lipinski definition) is 2. The van der Waals surface area contributed by atoms with E-state index in [0.717, 1.165) is 24.4 Å². The zero-order valence-electron chi connectivity index (χ0n) is 9.98. The van der Waals surface area contributed by atoms with Crippen molar-refractivity contribution in [2.45, 2.75) is 39.7 Å². The van der Waals surface area contributed by atoms with Crippen LogP contribution in [0, 0.1) is 13.8 Å². The fourth-order valence-corrected chi connectivity index (χ4v) is 1.86. The summed E-state index contributed by atoms with van der Waals surface area (Å²) in [4.78, 5) is 0. The van der Waals surface area contributed by atoms with Crippen molar-refractivity contribution in [1.29, 1.82) is 0 Å². The predicted molar refractivity (Wildman–Crippen MR) is 63.7 cm³/mol. The quantitative estimate of drug-likeness (QED) is 0.701. The second kappa shape index (κ2) is 3.44. The number of aryl methyl sites for hydroxylation is 2. The predicted octanol–water partition coefficient (Wildman–Crippen LogP) is 3.28. The third-order valence-corrected chi connectivity index (χ3v) is 3.02. The lowest BCUT2D eigenvalue weighted by molar-refractivity contribution is 0.108. The van der Waals surface area contributed by atoms with Gasteiger partial charge in [0.15, 0.2) is 0 Å². The lowest BCUT2D eigenvalue weighted by atomic mass is 10.1. The summed E-state index contributed by atoms with van der Waals surface area (Å²) < 4.78 is 6.02. The van der Waals surface area contributed by atoms with E-state index >= 15 is 0 Å². The van der Waals surface area contributed by atoms with Crippen molar-refractivity contribution in [3.05, 3.63) is 23.3 Å². The van der Waals surface area contributed by atoms with E-state index in [1.54, 1.807) is 0 Å². The molecule has 1 aromatic rings. The first-order valence-corrected chi connectivity index (χ1v) is 5.52. The molecule has 0 saturated heterocycles. The molecule has 82 valence electrons. The molecule has 0 radical (unpaired) electrons. The van der Waals surface area contributed by atoms with E-state index in [0.29, 0.717) is 0 Å². The normalized spacial score (nSPS) is 18.4. The summed E-state index contributed by atoms with van der Waals surface area (Å²) in [7, 11) is 0. The van der Waals surface area contributed by atoms with Gasteiger partial charge in [-0.25, -0.2) is 0 Å². The average Bonchev–Trinajstić information content (AvgIpc) is 2.24. The highest BCUT2D eigenvalue weighted by molar-refractivity contribution is 5.60. The van der Waals surface area contributed by atoms with Crippen LogP contribution in [0.5, 0.6) is 5.75 Å². The molecule has 2 heteroatoms. The van der Waals surface area contributed by atoms with Crippen molar-refractivity contribution in [3.63, 3.8) is 0 Å². The van der Waals surface area contributed by atoms with Crippen molar-refractivity contribution in [3.8, 4) is 5.75 Å². The van der Waals surface area contributed by atoms with Crippen LogP contribution in [0.25, 0.3) is 0 Å². The van der Waals surface area contributed by atoms with Crippen LogP contribution < -0.4 is 10.1 Å². The molecule has 0 aliphatic carbocycles. The molecular weight excluding hydrogens is 186 g/mol. The topological polar surface area (TPSA) is 21.3 Å². The summed E-state index contributed by atoms with van der Waals surface area (Å²) in [6.07, 6.45) is 1.03. The maximum atomic E-state index is 6.02. The number of anilines is 1. The number of hydrogen-bond donors (Lipinski definition) is 1. The minimum atomic E-state index is -0.0695. The van der Waals surface area contributed by atoms with Crippen LogP contribution in [0.4, 0.5) is 5.69 Å². The van der Waals surface area contributed by atoms with Crippen molar-refractivity contribution < 1.29 is 4.74 Å². The Bertz CT molecular complexity index is 382. The van der Waals surface area contributed by atoms with Crippen molar-refractivity contribution in [1.82, 2.24) is 0 Å². The Kier molecular flexibility index (Phi) is 2.37. The summed E-state index contributed by atoms with van der Waals surface area (Å²) in [5.74, 6) is 0.987. The molecule has 1 heterocycles. The van der Waals surface area contributed by atoms with Crippen LogP contribution in [0.3, 0.4) is 0 Å². The molecule has 1 aliphatic heterocycles. The van der Waals surface area contributed by atoms with Crippen molar-refractivity contribution in [2.75, 3.05) is 11.9 Å². The zero-order valence-corrected chi connectivity index (χ0v) is 9.98. The molecular formula is C13H19NO. The first kappa shape index (κ1) is 10.3.